The van der Waals surface area contributed by atoms with Gasteiger partial charge in [-0.25, -0.2) is 4.39 Å². The minimum Gasteiger partial charge on any atom is -1.00 e. The van der Waals surface area contributed by atoms with Crippen molar-refractivity contribution in [2.24, 2.45) is 0 Å². The van der Waals surface area contributed by atoms with Gasteiger partial charge >= 0.3 is 23.1 Å². The van der Waals surface area contributed by atoms with Crippen LogP contribution in [-0.4, -0.2) is 23.1 Å². The summed E-state index contributed by atoms with van der Waals surface area (Å²) in [5, 5.41) is 0. The maximum Gasteiger partial charge on any atom is 2.00 e. The van der Waals surface area contributed by atoms with Gasteiger partial charge in [0.05, 0.1) is 0 Å². The second-order valence-corrected chi connectivity index (χ2v) is 1.30. The van der Waals surface area contributed by atoms with E-state index in [2.05, 4.69) is 0 Å². The Morgan fingerprint density at radius 1 is 0.900 bits per heavy atom. The summed E-state index contributed by atoms with van der Waals surface area (Å²) < 4.78 is 11.9. The molecule has 0 amide bonds. The van der Waals surface area contributed by atoms with E-state index in [0.717, 1.165) is 0 Å². The zero-order valence-electron chi connectivity index (χ0n) is 5.23. The van der Waals surface area contributed by atoms with Gasteiger partial charge in [0, 0.05) is 0 Å². The first-order valence-electron chi connectivity index (χ1n) is 2.10. The number of benzene rings is 1. The van der Waals surface area contributed by atoms with Crippen LogP contribution in [0, 0.1) is 5.82 Å². The van der Waals surface area contributed by atoms with Gasteiger partial charge in [-0.05, 0) is 12.1 Å². The SMILES string of the molecule is Fc1ccccc1.[Cl-].[Cl-].[Mg+2]. The molecule has 0 aliphatic heterocycles. The van der Waals surface area contributed by atoms with Crippen molar-refractivity contribution >= 4 is 23.1 Å². The van der Waals surface area contributed by atoms with Gasteiger partial charge in [-0.3, -0.25) is 0 Å². The van der Waals surface area contributed by atoms with Gasteiger partial charge in [0.1, 0.15) is 5.82 Å². The maximum atomic E-state index is 11.9. The van der Waals surface area contributed by atoms with Crippen LogP contribution in [0.15, 0.2) is 30.3 Å². The molecule has 0 heterocycles. The zero-order valence-corrected chi connectivity index (χ0v) is 8.15. The van der Waals surface area contributed by atoms with Crippen molar-refractivity contribution in [3.63, 3.8) is 0 Å². The predicted octanol–water partition coefficient (Wildman–Crippen LogP) is -4.55. The standard InChI is InChI=1S/C6H5F.2ClH.Mg/c7-6-4-2-1-3-5-6;;;/h1-5H;2*1H;/q;;;+2/p-2. The van der Waals surface area contributed by atoms with E-state index in [1.165, 1.54) is 12.1 Å². The Morgan fingerprint density at radius 2 is 1.30 bits per heavy atom. The first kappa shape index (κ1) is 16.8. The van der Waals surface area contributed by atoms with Crippen molar-refractivity contribution in [3.8, 4) is 0 Å². The Bertz CT molecular complexity index is 146. The molecule has 10 heavy (non-hydrogen) atoms. The number of rotatable bonds is 0. The van der Waals surface area contributed by atoms with Gasteiger partial charge in [0.25, 0.3) is 0 Å². The molecule has 0 aromatic heterocycles. The normalized spacial score (nSPS) is 6.10. The Hall–Kier alpha value is 0.496. The molecule has 1 aromatic rings. The Labute approximate surface area is 88.2 Å². The van der Waals surface area contributed by atoms with Crippen LogP contribution in [0.2, 0.25) is 0 Å². The summed E-state index contributed by atoms with van der Waals surface area (Å²) >= 11 is 0. The monoisotopic (exact) mass is 190 g/mol. The van der Waals surface area contributed by atoms with Gasteiger partial charge in [0.2, 0.25) is 0 Å². The summed E-state index contributed by atoms with van der Waals surface area (Å²) in [5.41, 5.74) is 0. The third kappa shape index (κ3) is 6.61. The van der Waals surface area contributed by atoms with Crippen molar-refractivity contribution in [1.82, 2.24) is 0 Å². The third-order valence-corrected chi connectivity index (χ3v) is 0.733. The molecular formula is C6H5Cl2FMg. The Balaban J connectivity index is -0.000000163. The molecule has 0 aliphatic carbocycles. The topological polar surface area (TPSA) is 0 Å². The smallest absolute Gasteiger partial charge is 1.00 e. The Morgan fingerprint density at radius 3 is 1.50 bits per heavy atom. The van der Waals surface area contributed by atoms with Gasteiger partial charge in [-0.15, -0.1) is 0 Å². The molecule has 0 unspecified atom stereocenters. The van der Waals surface area contributed by atoms with E-state index in [1.807, 2.05) is 0 Å². The van der Waals surface area contributed by atoms with E-state index >= 15 is 0 Å². The number of halogens is 3. The zero-order chi connectivity index (χ0) is 5.11. The summed E-state index contributed by atoms with van der Waals surface area (Å²) in [6.07, 6.45) is 0. The predicted molar refractivity (Wildman–Crippen MR) is 32.2 cm³/mol. The van der Waals surface area contributed by atoms with Gasteiger partial charge in [-0.2, -0.15) is 0 Å². The molecule has 52 valence electrons. The molecule has 0 radical (unpaired) electrons. The van der Waals surface area contributed by atoms with Gasteiger partial charge < -0.3 is 24.8 Å². The van der Waals surface area contributed by atoms with Crippen molar-refractivity contribution in [1.29, 1.82) is 0 Å². The van der Waals surface area contributed by atoms with E-state index in [9.17, 15) is 4.39 Å². The van der Waals surface area contributed by atoms with E-state index in [4.69, 9.17) is 0 Å². The van der Waals surface area contributed by atoms with Crippen LogP contribution in [0.1, 0.15) is 0 Å². The molecule has 1 aromatic carbocycles. The van der Waals surface area contributed by atoms with E-state index in [1.54, 1.807) is 18.2 Å². The number of hydrogen-bond acceptors (Lipinski definition) is 0. The molecule has 0 saturated carbocycles. The van der Waals surface area contributed by atoms with Crippen LogP contribution in [0.25, 0.3) is 0 Å². The first-order valence-corrected chi connectivity index (χ1v) is 2.10. The molecule has 0 spiro atoms. The van der Waals surface area contributed by atoms with Crippen LogP contribution in [0.3, 0.4) is 0 Å². The fourth-order valence-corrected chi connectivity index (χ4v) is 0.415. The molecule has 0 atom stereocenters. The maximum absolute atomic E-state index is 11.9. The first-order chi connectivity index (χ1) is 3.39. The molecule has 1 rings (SSSR count). The number of hydrogen-bond donors (Lipinski definition) is 0. The molecule has 0 saturated heterocycles. The molecule has 0 aliphatic rings. The summed E-state index contributed by atoms with van der Waals surface area (Å²) in [6.45, 7) is 0. The van der Waals surface area contributed by atoms with E-state index < -0.39 is 0 Å². The molecule has 0 nitrogen and oxygen atoms in total. The van der Waals surface area contributed by atoms with Crippen LogP contribution in [0.4, 0.5) is 4.39 Å². The quantitative estimate of drug-likeness (QED) is 0.362. The van der Waals surface area contributed by atoms with Crippen LogP contribution in [0.5, 0.6) is 0 Å². The van der Waals surface area contributed by atoms with Crippen LogP contribution < -0.4 is 24.8 Å². The average Bonchev–Trinajstić information content (AvgIpc) is 1.69. The van der Waals surface area contributed by atoms with Crippen molar-refractivity contribution in [2.75, 3.05) is 0 Å². The van der Waals surface area contributed by atoms with Crippen LogP contribution >= 0.6 is 0 Å². The van der Waals surface area contributed by atoms with Gasteiger partial charge in [0.15, 0.2) is 0 Å². The minimum atomic E-state index is -0.178. The molecular weight excluding hydrogens is 186 g/mol. The largest absolute Gasteiger partial charge is 2.00 e. The van der Waals surface area contributed by atoms with Crippen LogP contribution in [-0.2, 0) is 0 Å². The van der Waals surface area contributed by atoms with E-state index in [0.29, 0.717) is 0 Å². The van der Waals surface area contributed by atoms with Crippen molar-refractivity contribution in [3.05, 3.63) is 36.1 Å². The summed E-state index contributed by atoms with van der Waals surface area (Å²) in [7, 11) is 0. The Kier molecular flexibility index (Phi) is 16.0. The molecule has 0 bridgehead atoms. The van der Waals surface area contributed by atoms with E-state index in [-0.39, 0.29) is 53.7 Å². The second kappa shape index (κ2) is 9.50. The summed E-state index contributed by atoms with van der Waals surface area (Å²) in [5.74, 6) is -0.178. The summed E-state index contributed by atoms with van der Waals surface area (Å²) in [4.78, 5) is 0. The van der Waals surface area contributed by atoms with Crippen molar-refractivity contribution < 1.29 is 29.2 Å². The van der Waals surface area contributed by atoms with Gasteiger partial charge in [-0.1, -0.05) is 18.2 Å². The summed E-state index contributed by atoms with van der Waals surface area (Å²) in [6, 6.07) is 7.94. The minimum absolute atomic E-state index is 0. The molecule has 0 N–H and O–H groups in total. The fraction of sp³-hybridized carbons (Fsp3) is 0. The molecule has 4 heteroatoms. The van der Waals surface area contributed by atoms with Crippen molar-refractivity contribution in [2.45, 2.75) is 0 Å². The fourth-order valence-electron chi connectivity index (χ4n) is 0.415. The average molecular weight is 191 g/mol. The second-order valence-electron chi connectivity index (χ2n) is 1.30. The molecule has 0 fully saturated rings. The third-order valence-electron chi connectivity index (χ3n) is 0.733.